The number of hydrogen-bond donors (Lipinski definition) is 1. The second kappa shape index (κ2) is 7.65. The van der Waals surface area contributed by atoms with Crippen molar-refractivity contribution in [2.45, 2.75) is 45.6 Å². The summed E-state index contributed by atoms with van der Waals surface area (Å²) in [5, 5.41) is 8.81. The quantitative estimate of drug-likeness (QED) is 0.812. The van der Waals surface area contributed by atoms with Crippen LogP contribution in [0.2, 0.25) is 0 Å². The van der Waals surface area contributed by atoms with Gasteiger partial charge < -0.3 is 14.7 Å². The lowest BCUT2D eigenvalue weighted by Crippen LogP contribution is -2.38. The van der Waals surface area contributed by atoms with Gasteiger partial charge in [0.2, 0.25) is 0 Å². The SMILES string of the molecule is Cc1ccc(OC2CCN(CCCCO)CC2)cc1C. The van der Waals surface area contributed by atoms with E-state index in [4.69, 9.17) is 9.84 Å². The van der Waals surface area contributed by atoms with Crippen molar-refractivity contribution in [3.8, 4) is 5.75 Å². The van der Waals surface area contributed by atoms with Crippen molar-refractivity contribution in [3.05, 3.63) is 29.3 Å². The van der Waals surface area contributed by atoms with Gasteiger partial charge in [0.25, 0.3) is 0 Å². The van der Waals surface area contributed by atoms with Crippen LogP contribution in [0.4, 0.5) is 0 Å². The van der Waals surface area contributed by atoms with Gasteiger partial charge in [0, 0.05) is 19.7 Å². The summed E-state index contributed by atoms with van der Waals surface area (Å²) >= 11 is 0. The highest BCUT2D eigenvalue weighted by Gasteiger charge is 2.20. The van der Waals surface area contributed by atoms with Crippen molar-refractivity contribution < 1.29 is 9.84 Å². The number of unbranched alkanes of at least 4 members (excludes halogenated alkanes) is 1. The molecule has 1 aromatic rings. The predicted molar refractivity (Wildman–Crippen MR) is 82.3 cm³/mol. The fourth-order valence-corrected chi connectivity index (χ4v) is 2.68. The van der Waals surface area contributed by atoms with Gasteiger partial charge in [0.05, 0.1) is 0 Å². The van der Waals surface area contributed by atoms with E-state index in [2.05, 4.69) is 36.9 Å². The second-order valence-electron chi connectivity index (χ2n) is 5.84. The van der Waals surface area contributed by atoms with Crippen molar-refractivity contribution in [3.63, 3.8) is 0 Å². The Labute approximate surface area is 122 Å². The zero-order valence-electron chi connectivity index (χ0n) is 12.8. The van der Waals surface area contributed by atoms with E-state index in [1.165, 1.54) is 11.1 Å². The predicted octanol–water partition coefficient (Wildman–Crippen LogP) is 2.92. The average Bonchev–Trinajstić information content (AvgIpc) is 2.45. The molecule has 1 fully saturated rings. The largest absolute Gasteiger partial charge is 0.490 e. The van der Waals surface area contributed by atoms with E-state index in [0.29, 0.717) is 12.7 Å². The minimum atomic E-state index is 0.312. The second-order valence-corrected chi connectivity index (χ2v) is 5.84. The third-order valence-corrected chi connectivity index (χ3v) is 4.20. The lowest BCUT2D eigenvalue weighted by molar-refractivity contribution is 0.0985. The summed E-state index contributed by atoms with van der Waals surface area (Å²) in [6.07, 6.45) is 4.57. The van der Waals surface area contributed by atoms with Gasteiger partial charge in [0.15, 0.2) is 0 Å². The van der Waals surface area contributed by atoms with Gasteiger partial charge in [-0.05, 0) is 69.3 Å². The van der Waals surface area contributed by atoms with E-state index in [1.54, 1.807) is 0 Å². The van der Waals surface area contributed by atoms with E-state index in [-0.39, 0.29) is 0 Å². The van der Waals surface area contributed by atoms with Crippen LogP contribution in [-0.2, 0) is 0 Å². The van der Waals surface area contributed by atoms with Crippen LogP contribution < -0.4 is 4.74 Å². The monoisotopic (exact) mass is 277 g/mol. The molecule has 1 heterocycles. The van der Waals surface area contributed by atoms with Crippen LogP contribution in [0.5, 0.6) is 5.75 Å². The highest BCUT2D eigenvalue weighted by Crippen LogP contribution is 2.21. The van der Waals surface area contributed by atoms with Crippen molar-refractivity contribution in [1.29, 1.82) is 0 Å². The van der Waals surface area contributed by atoms with Crippen LogP contribution in [0, 0.1) is 13.8 Å². The maximum absolute atomic E-state index is 8.81. The molecule has 0 amide bonds. The number of nitrogens with zero attached hydrogens (tertiary/aromatic N) is 1. The number of aryl methyl sites for hydroxylation is 2. The van der Waals surface area contributed by atoms with Gasteiger partial charge in [-0.2, -0.15) is 0 Å². The van der Waals surface area contributed by atoms with Gasteiger partial charge in [-0.25, -0.2) is 0 Å². The normalized spacial score (nSPS) is 17.4. The summed E-state index contributed by atoms with van der Waals surface area (Å²) < 4.78 is 6.10. The van der Waals surface area contributed by atoms with Crippen molar-refractivity contribution >= 4 is 0 Å². The highest BCUT2D eigenvalue weighted by molar-refractivity contribution is 5.33. The van der Waals surface area contributed by atoms with Crippen molar-refractivity contribution in [1.82, 2.24) is 4.90 Å². The van der Waals surface area contributed by atoms with Crippen LogP contribution in [0.1, 0.15) is 36.8 Å². The zero-order valence-corrected chi connectivity index (χ0v) is 12.8. The molecular weight excluding hydrogens is 250 g/mol. The van der Waals surface area contributed by atoms with Gasteiger partial charge in [-0.15, -0.1) is 0 Å². The molecule has 0 aliphatic carbocycles. The molecule has 3 heteroatoms. The van der Waals surface area contributed by atoms with E-state index in [0.717, 1.165) is 51.1 Å². The Morgan fingerprint density at radius 1 is 1.15 bits per heavy atom. The molecule has 112 valence electrons. The summed E-state index contributed by atoms with van der Waals surface area (Å²) in [5.41, 5.74) is 2.61. The molecule has 2 rings (SSSR count). The van der Waals surface area contributed by atoms with Gasteiger partial charge in [0.1, 0.15) is 11.9 Å². The van der Waals surface area contributed by atoms with Gasteiger partial charge >= 0.3 is 0 Å². The fourth-order valence-electron chi connectivity index (χ4n) is 2.68. The first-order valence-corrected chi connectivity index (χ1v) is 7.76. The Kier molecular flexibility index (Phi) is 5.86. The molecule has 0 aromatic heterocycles. The van der Waals surface area contributed by atoms with E-state index < -0.39 is 0 Å². The number of aliphatic hydroxyl groups is 1. The molecule has 1 aliphatic heterocycles. The molecule has 0 unspecified atom stereocenters. The molecule has 0 atom stereocenters. The minimum absolute atomic E-state index is 0.312. The smallest absolute Gasteiger partial charge is 0.120 e. The summed E-state index contributed by atoms with van der Waals surface area (Å²) in [6.45, 7) is 7.90. The molecule has 0 bridgehead atoms. The number of aliphatic hydroxyl groups excluding tert-OH is 1. The average molecular weight is 277 g/mol. The number of rotatable bonds is 6. The van der Waals surface area contributed by atoms with Crippen LogP contribution in [-0.4, -0.2) is 42.4 Å². The summed E-state index contributed by atoms with van der Waals surface area (Å²) in [7, 11) is 0. The molecule has 0 spiro atoms. The standard InChI is InChI=1S/C17H27NO2/c1-14-5-6-17(13-15(14)2)20-16-7-10-18(11-8-16)9-3-4-12-19/h5-6,13,16,19H,3-4,7-12H2,1-2H3. The maximum atomic E-state index is 8.81. The molecule has 1 aliphatic rings. The van der Waals surface area contributed by atoms with Crippen LogP contribution >= 0.6 is 0 Å². The number of ether oxygens (including phenoxy) is 1. The number of piperidine rings is 1. The van der Waals surface area contributed by atoms with Gasteiger partial charge in [-0.3, -0.25) is 0 Å². The van der Waals surface area contributed by atoms with Crippen molar-refractivity contribution in [2.24, 2.45) is 0 Å². The molecule has 1 saturated heterocycles. The summed E-state index contributed by atoms with van der Waals surface area (Å²) in [4.78, 5) is 2.48. The Bertz CT molecular complexity index is 411. The first-order valence-electron chi connectivity index (χ1n) is 7.76. The first-order chi connectivity index (χ1) is 9.69. The van der Waals surface area contributed by atoms with Crippen LogP contribution in [0.25, 0.3) is 0 Å². The maximum Gasteiger partial charge on any atom is 0.120 e. The third-order valence-electron chi connectivity index (χ3n) is 4.20. The molecule has 1 N–H and O–H groups in total. The Morgan fingerprint density at radius 3 is 2.55 bits per heavy atom. The number of hydrogen-bond acceptors (Lipinski definition) is 3. The number of benzene rings is 1. The van der Waals surface area contributed by atoms with Crippen LogP contribution in [0.15, 0.2) is 18.2 Å². The Balaban J connectivity index is 1.75. The fraction of sp³-hybridized carbons (Fsp3) is 0.647. The molecular formula is C17H27NO2. The molecule has 0 radical (unpaired) electrons. The number of likely N-dealkylation sites (tertiary alicyclic amines) is 1. The first kappa shape index (κ1) is 15.3. The molecule has 20 heavy (non-hydrogen) atoms. The Morgan fingerprint density at radius 2 is 1.90 bits per heavy atom. The van der Waals surface area contributed by atoms with Crippen LogP contribution in [0.3, 0.4) is 0 Å². The van der Waals surface area contributed by atoms with E-state index >= 15 is 0 Å². The highest BCUT2D eigenvalue weighted by atomic mass is 16.5. The lowest BCUT2D eigenvalue weighted by atomic mass is 10.1. The van der Waals surface area contributed by atoms with Crippen molar-refractivity contribution in [2.75, 3.05) is 26.2 Å². The minimum Gasteiger partial charge on any atom is -0.490 e. The zero-order chi connectivity index (χ0) is 14.4. The van der Waals surface area contributed by atoms with E-state index in [9.17, 15) is 0 Å². The summed E-state index contributed by atoms with van der Waals surface area (Å²) in [5.74, 6) is 1.01. The Hall–Kier alpha value is -1.06. The molecule has 3 nitrogen and oxygen atoms in total. The lowest BCUT2D eigenvalue weighted by Gasteiger charge is -2.32. The summed E-state index contributed by atoms with van der Waals surface area (Å²) in [6, 6.07) is 6.35. The van der Waals surface area contributed by atoms with E-state index in [1.807, 2.05) is 0 Å². The molecule has 1 aromatic carbocycles. The van der Waals surface area contributed by atoms with Gasteiger partial charge in [-0.1, -0.05) is 6.07 Å². The topological polar surface area (TPSA) is 32.7 Å². The third kappa shape index (κ3) is 4.50. The molecule has 0 saturated carbocycles.